The molecular formula is C12H18BrNO. The lowest BCUT2D eigenvalue weighted by Gasteiger charge is -2.18. The van der Waals surface area contributed by atoms with Gasteiger partial charge in [0.25, 0.3) is 0 Å². The second-order valence-corrected chi connectivity index (χ2v) is 5.44. The van der Waals surface area contributed by atoms with Crippen LogP contribution in [0.3, 0.4) is 0 Å². The van der Waals surface area contributed by atoms with Crippen LogP contribution in [0.25, 0.3) is 0 Å². The van der Waals surface area contributed by atoms with Crippen LogP contribution in [0.5, 0.6) is 0 Å². The zero-order valence-electron chi connectivity index (χ0n) is 9.29. The Labute approximate surface area is 99.6 Å². The maximum atomic E-state index is 5.49. The van der Waals surface area contributed by atoms with Gasteiger partial charge in [-0.2, -0.15) is 0 Å². The molecule has 1 N–H and O–H groups in total. The number of rotatable bonds is 5. The summed E-state index contributed by atoms with van der Waals surface area (Å²) in [6.07, 6.45) is 4.45. The minimum atomic E-state index is 0.459. The van der Waals surface area contributed by atoms with Gasteiger partial charge in [-0.25, -0.2) is 0 Å². The van der Waals surface area contributed by atoms with Crippen LogP contribution in [0.1, 0.15) is 38.4 Å². The van der Waals surface area contributed by atoms with E-state index in [4.69, 9.17) is 4.42 Å². The van der Waals surface area contributed by atoms with Gasteiger partial charge in [-0.1, -0.05) is 13.8 Å². The summed E-state index contributed by atoms with van der Waals surface area (Å²) in [5, 5.41) is 3.56. The fourth-order valence-electron chi connectivity index (χ4n) is 1.71. The zero-order chi connectivity index (χ0) is 10.8. The van der Waals surface area contributed by atoms with Crippen molar-refractivity contribution in [2.45, 2.75) is 38.6 Å². The molecule has 0 radical (unpaired) electrons. The van der Waals surface area contributed by atoms with Crippen LogP contribution in [0.15, 0.2) is 21.2 Å². The summed E-state index contributed by atoms with van der Waals surface area (Å²) in [5.74, 6) is 2.13. The number of furan rings is 1. The van der Waals surface area contributed by atoms with Gasteiger partial charge in [0.05, 0.1) is 10.7 Å². The van der Waals surface area contributed by atoms with Gasteiger partial charge in [0, 0.05) is 12.0 Å². The van der Waals surface area contributed by atoms with Crippen molar-refractivity contribution in [3.63, 3.8) is 0 Å². The average Bonchev–Trinajstić information content (AvgIpc) is 2.96. The first-order chi connectivity index (χ1) is 7.18. The Morgan fingerprint density at radius 1 is 1.53 bits per heavy atom. The predicted octanol–water partition coefficient (Wildman–Crippen LogP) is 3.53. The molecule has 0 bridgehead atoms. The second-order valence-electron chi connectivity index (χ2n) is 4.58. The SMILES string of the molecule is CC(CNC1CC1)C(C)c1occc1Br. The maximum Gasteiger partial charge on any atom is 0.121 e. The third-order valence-corrected chi connectivity index (χ3v) is 3.87. The molecule has 0 aliphatic heterocycles. The third kappa shape index (κ3) is 2.85. The Balaban J connectivity index is 1.88. The van der Waals surface area contributed by atoms with Crippen LogP contribution in [0.4, 0.5) is 0 Å². The van der Waals surface area contributed by atoms with Crippen LogP contribution in [-0.2, 0) is 0 Å². The number of hydrogen-bond acceptors (Lipinski definition) is 2. The van der Waals surface area contributed by atoms with E-state index in [1.807, 2.05) is 6.07 Å². The molecule has 2 atom stereocenters. The number of nitrogens with one attached hydrogen (secondary N) is 1. The molecule has 2 rings (SSSR count). The zero-order valence-corrected chi connectivity index (χ0v) is 10.9. The Hall–Kier alpha value is -0.280. The summed E-state index contributed by atoms with van der Waals surface area (Å²) in [6, 6.07) is 2.76. The summed E-state index contributed by atoms with van der Waals surface area (Å²) < 4.78 is 6.59. The van der Waals surface area contributed by atoms with Crippen molar-refractivity contribution in [2.75, 3.05) is 6.54 Å². The average molecular weight is 272 g/mol. The van der Waals surface area contributed by atoms with Crippen molar-refractivity contribution in [2.24, 2.45) is 5.92 Å². The van der Waals surface area contributed by atoms with E-state index >= 15 is 0 Å². The largest absolute Gasteiger partial charge is 0.468 e. The first-order valence-electron chi connectivity index (χ1n) is 5.64. The van der Waals surface area contributed by atoms with Gasteiger partial charge >= 0.3 is 0 Å². The van der Waals surface area contributed by atoms with E-state index < -0.39 is 0 Å². The van der Waals surface area contributed by atoms with Gasteiger partial charge < -0.3 is 9.73 Å². The standard InChI is InChI=1S/C12H18BrNO/c1-8(7-14-10-3-4-10)9(2)12-11(13)5-6-15-12/h5-6,8-10,14H,3-4,7H2,1-2H3. The van der Waals surface area contributed by atoms with E-state index in [1.165, 1.54) is 12.8 Å². The molecule has 1 saturated carbocycles. The summed E-state index contributed by atoms with van der Waals surface area (Å²) in [7, 11) is 0. The Kier molecular flexibility index (Phi) is 3.52. The maximum absolute atomic E-state index is 5.49. The lowest BCUT2D eigenvalue weighted by molar-refractivity contribution is 0.378. The van der Waals surface area contributed by atoms with Gasteiger partial charge in [0.2, 0.25) is 0 Å². The van der Waals surface area contributed by atoms with Crippen molar-refractivity contribution in [1.29, 1.82) is 0 Å². The Morgan fingerprint density at radius 3 is 2.80 bits per heavy atom. The van der Waals surface area contributed by atoms with Gasteiger partial charge in [-0.05, 0) is 47.3 Å². The molecule has 1 aliphatic rings. The molecule has 1 aliphatic carbocycles. The lowest BCUT2D eigenvalue weighted by atomic mass is 9.93. The lowest BCUT2D eigenvalue weighted by Crippen LogP contribution is -2.26. The molecule has 84 valence electrons. The van der Waals surface area contributed by atoms with Crippen molar-refractivity contribution in [3.8, 4) is 0 Å². The van der Waals surface area contributed by atoms with E-state index in [2.05, 4.69) is 35.1 Å². The molecule has 0 spiro atoms. The van der Waals surface area contributed by atoms with E-state index in [9.17, 15) is 0 Å². The van der Waals surface area contributed by atoms with Gasteiger partial charge in [0.1, 0.15) is 5.76 Å². The summed E-state index contributed by atoms with van der Waals surface area (Å²) in [6.45, 7) is 5.58. The highest BCUT2D eigenvalue weighted by atomic mass is 79.9. The molecule has 15 heavy (non-hydrogen) atoms. The highest BCUT2D eigenvalue weighted by molar-refractivity contribution is 9.10. The van der Waals surface area contributed by atoms with Crippen LogP contribution in [0, 0.1) is 5.92 Å². The van der Waals surface area contributed by atoms with E-state index in [0.717, 1.165) is 22.8 Å². The van der Waals surface area contributed by atoms with Gasteiger partial charge in [-0.15, -0.1) is 0 Å². The van der Waals surface area contributed by atoms with E-state index in [-0.39, 0.29) is 0 Å². The molecular weight excluding hydrogens is 254 g/mol. The molecule has 2 unspecified atom stereocenters. The first-order valence-corrected chi connectivity index (χ1v) is 6.44. The molecule has 1 aromatic heterocycles. The predicted molar refractivity (Wildman–Crippen MR) is 65.0 cm³/mol. The van der Waals surface area contributed by atoms with Crippen LogP contribution < -0.4 is 5.32 Å². The second kappa shape index (κ2) is 4.71. The molecule has 1 aromatic rings. The third-order valence-electron chi connectivity index (χ3n) is 3.22. The topological polar surface area (TPSA) is 25.2 Å². The van der Waals surface area contributed by atoms with Gasteiger partial charge in [0.15, 0.2) is 0 Å². The summed E-state index contributed by atoms with van der Waals surface area (Å²) >= 11 is 3.51. The molecule has 0 aromatic carbocycles. The van der Waals surface area contributed by atoms with Gasteiger partial charge in [-0.3, -0.25) is 0 Å². The van der Waals surface area contributed by atoms with E-state index in [1.54, 1.807) is 6.26 Å². The molecule has 0 saturated heterocycles. The number of halogens is 1. The fourth-order valence-corrected chi connectivity index (χ4v) is 2.27. The Morgan fingerprint density at radius 2 is 2.27 bits per heavy atom. The van der Waals surface area contributed by atoms with Crippen LogP contribution in [-0.4, -0.2) is 12.6 Å². The van der Waals surface area contributed by atoms with Crippen molar-refractivity contribution < 1.29 is 4.42 Å². The van der Waals surface area contributed by atoms with Crippen molar-refractivity contribution in [1.82, 2.24) is 5.32 Å². The van der Waals surface area contributed by atoms with E-state index in [0.29, 0.717) is 11.8 Å². The first kappa shape index (κ1) is 11.2. The minimum Gasteiger partial charge on any atom is -0.468 e. The quantitative estimate of drug-likeness (QED) is 0.887. The van der Waals surface area contributed by atoms with Crippen molar-refractivity contribution in [3.05, 3.63) is 22.6 Å². The highest BCUT2D eigenvalue weighted by Crippen LogP contribution is 2.31. The fraction of sp³-hybridized carbons (Fsp3) is 0.667. The Bertz CT molecular complexity index is 319. The monoisotopic (exact) mass is 271 g/mol. The summed E-state index contributed by atoms with van der Waals surface area (Å²) in [4.78, 5) is 0. The number of hydrogen-bond donors (Lipinski definition) is 1. The molecule has 2 nitrogen and oxygen atoms in total. The molecule has 0 amide bonds. The van der Waals surface area contributed by atoms with Crippen LogP contribution in [0.2, 0.25) is 0 Å². The highest BCUT2D eigenvalue weighted by Gasteiger charge is 2.24. The minimum absolute atomic E-state index is 0.459. The smallest absolute Gasteiger partial charge is 0.121 e. The van der Waals surface area contributed by atoms with Crippen LogP contribution >= 0.6 is 15.9 Å². The molecule has 1 heterocycles. The van der Waals surface area contributed by atoms with Crippen molar-refractivity contribution >= 4 is 15.9 Å². The molecule has 3 heteroatoms. The molecule has 1 fully saturated rings. The summed E-state index contributed by atoms with van der Waals surface area (Å²) in [5.41, 5.74) is 0. The normalized spacial score (nSPS) is 20.2.